The zero-order valence-corrected chi connectivity index (χ0v) is 14.7. The first-order chi connectivity index (χ1) is 12.0. The van der Waals surface area contributed by atoms with Crippen molar-refractivity contribution in [3.05, 3.63) is 59.7 Å². The third-order valence-corrected chi connectivity index (χ3v) is 4.42. The molecular weight excluding hydrogens is 314 g/mol. The van der Waals surface area contributed by atoms with Gasteiger partial charge >= 0.3 is 0 Å². The van der Waals surface area contributed by atoms with Crippen LogP contribution in [0.4, 0.5) is 11.4 Å². The number of nitrogens with one attached hydrogen (secondary N) is 1. The van der Waals surface area contributed by atoms with E-state index in [9.17, 15) is 9.59 Å². The van der Waals surface area contributed by atoms with E-state index >= 15 is 0 Å². The van der Waals surface area contributed by atoms with E-state index in [1.165, 1.54) is 18.2 Å². The number of benzene rings is 2. The highest BCUT2D eigenvalue weighted by molar-refractivity contribution is 5.95. The molecule has 1 heterocycles. The summed E-state index contributed by atoms with van der Waals surface area (Å²) in [5.74, 6) is -0.0794. The van der Waals surface area contributed by atoms with Crippen molar-refractivity contribution in [3.63, 3.8) is 0 Å². The van der Waals surface area contributed by atoms with Crippen molar-refractivity contribution in [2.75, 3.05) is 36.4 Å². The Morgan fingerprint density at radius 2 is 1.48 bits per heavy atom. The third kappa shape index (κ3) is 4.18. The number of aryl methyl sites for hydroxylation is 1. The van der Waals surface area contributed by atoms with Gasteiger partial charge in [0.25, 0.3) is 5.91 Å². The van der Waals surface area contributed by atoms with Crippen molar-refractivity contribution in [1.29, 1.82) is 0 Å². The van der Waals surface area contributed by atoms with Gasteiger partial charge < -0.3 is 15.1 Å². The summed E-state index contributed by atoms with van der Waals surface area (Å²) in [7, 11) is 0. The van der Waals surface area contributed by atoms with Crippen LogP contribution >= 0.6 is 0 Å². The molecule has 1 N–H and O–H groups in total. The second kappa shape index (κ2) is 7.38. The molecule has 2 amide bonds. The standard InChI is InChI=1S/C20H23N3O2/c1-15-3-9-19(10-4-15)22-11-13-23(14-12-22)20(25)17-5-7-18(8-6-17)21-16(2)24/h3-10H,11-14H2,1-2H3,(H,21,24). The minimum absolute atomic E-state index is 0.0398. The molecule has 0 spiro atoms. The number of hydrogen-bond donors (Lipinski definition) is 1. The Balaban J connectivity index is 1.59. The minimum atomic E-state index is -0.119. The summed E-state index contributed by atoms with van der Waals surface area (Å²) in [5.41, 5.74) is 3.81. The van der Waals surface area contributed by atoms with Crippen molar-refractivity contribution < 1.29 is 9.59 Å². The lowest BCUT2D eigenvalue weighted by atomic mass is 10.1. The molecule has 130 valence electrons. The van der Waals surface area contributed by atoms with Gasteiger partial charge in [-0.05, 0) is 43.3 Å². The summed E-state index contributed by atoms with van der Waals surface area (Å²) in [6.07, 6.45) is 0. The largest absolute Gasteiger partial charge is 0.368 e. The van der Waals surface area contributed by atoms with Crippen LogP contribution in [0.15, 0.2) is 48.5 Å². The van der Waals surface area contributed by atoms with Crippen molar-refractivity contribution >= 4 is 23.2 Å². The number of carbonyl (C=O) groups is 2. The Bertz CT molecular complexity index is 746. The van der Waals surface area contributed by atoms with Crippen molar-refractivity contribution in [2.45, 2.75) is 13.8 Å². The predicted molar refractivity (Wildman–Crippen MR) is 100 cm³/mol. The lowest BCUT2D eigenvalue weighted by molar-refractivity contribution is -0.114. The fourth-order valence-electron chi connectivity index (χ4n) is 3.01. The maximum atomic E-state index is 12.6. The van der Waals surface area contributed by atoms with Gasteiger partial charge in [-0.1, -0.05) is 17.7 Å². The summed E-state index contributed by atoms with van der Waals surface area (Å²) in [6, 6.07) is 15.5. The Kier molecular flexibility index (Phi) is 5.03. The Hall–Kier alpha value is -2.82. The zero-order chi connectivity index (χ0) is 17.8. The number of nitrogens with zero attached hydrogens (tertiary/aromatic N) is 2. The number of piperazine rings is 1. The van der Waals surface area contributed by atoms with Crippen molar-refractivity contribution in [2.24, 2.45) is 0 Å². The van der Waals surface area contributed by atoms with Gasteiger partial charge in [0.15, 0.2) is 0 Å². The second-order valence-corrected chi connectivity index (χ2v) is 6.37. The van der Waals surface area contributed by atoms with Gasteiger partial charge in [-0.15, -0.1) is 0 Å². The van der Waals surface area contributed by atoms with Gasteiger partial charge in [-0.25, -0.2) is 0 Å². The number of carbonyl (C=O) groups excluding carboxylic acids is 2. The second-order valence-electron chi connectivity index (χ2n) is 6.37. The van der Waals surface area contributed by atoms with E-state index in [2.05, 4.69) is 41.4 Å². The molecule has 0 radical (unpaired) electrons. The van der Waals surface area contributed by atoms with Crippen molar-refractivity contribution in [1.82, 2.24) is 4.90 Å². The molecule has 0 atom stereocenters. The molecule has 1 aliphatic heterocycles. The van der Waals surface area contributed by atoms with Crippen LogP contribution in [0, 0.1) is 6.92 Å². The molecule has 1 aliphatic rings. The molecule has 25 heavy (non-hydrogen) atoms. The highest BCUT2D eigenvalue weighted by Gasteiger charge is 2.22. The molecule has 1 fully saturated rings. The smallest absolute Gasteiger partial charge is 0.253 e. The summed E-state index contributed by atoms with van der Waals surface area (Å²) in [5, 5.41) is 2.71. The molecule has 3 rings (SSSR count). The Morgan fingerprint density at radius 3 is 2.04 bits per heavy atom. The third-order valence-electron chi connectivity index (χ3n) is 4.42. The van der Waals surface area contributed by atoms with Gasteiger partial charge in [0, 0.05) is 50.0 Å². The average Bonchev–Trinajstić information content (AvgIpc) is 2.62. The van der Waals surface area contributed by atoms with E-state index in [-0.39, 0.29) is 11.8 Å². The first kappa shape index (κ1) is 17.0. The van der Waals surface area contributed by atoms with Gasteiger partial charge in [0.05, 0.1) is 0 Å². The van der Waals surface area contributed by atoms with Gasteiger partial charge in [-0.2, -0.15) is 0 Å². The number of rotatable bonds is 3. The van der Waals surface area contributed by atoms with E-state index in [1.807, 2.05) is 4.90 Å². The summed E-state index contributed by atoms with van der Waals surface area (Å²) >= 11 is 0. The van der Waals surface area contributed by atoms with E-state index < -0.39 is 0 Å². The Labute approximate surface area is 148 Å². The molecule has 0 unspecified atom stereocenters. The topological polar surface area (TPSA) is 52.7 Å². The van der Waals surface area contributed by atoms with Crippen LogP contribution in [-0.2, 0) is 4.79 Å². The summed E-state index contributed by atoms with van der Waals surface area (Å²) in [4.78, 5) is 27.9. The van der Waals surface area contributed by atoms with Crippen LogP contribution in [0.2, 0.25) is 0 Å². The molecule has 0 aromatic heterocycles. The number of anilines is 2. The molecule has 2 aromatic rings. The molecule has 5 nitrogen and oxygen atoms in total. The van der Waals surface area contributed by atoms with E-state index in [0.29, 0.717) is 24.3 Å². The monoisotopic (exact) mass is 337 g/mol. The number of amides is 2. The SMILES string of the molecule is CC(=O)Nc1ccc(C(=O)N2CCN(c3ccc(C)cc3)CC2)cc1. The van der Waals surface area contributed by atoms with Gasteiger partial charge in [0.2, 0.25) is 5.91 Å². The fraction of sp³-hybridized carbons (Fsp3) is 0.300. The normalized spacial score (nSPS) is 14.3. The van der Waals surface area contributed by atoms with Crippen LogP contribution in [0.3, 0.4) is 0 Å². The van der Waals surface area contributed by atoms with Crippen molar-refractivity contribution in [3.8, 4) is 0 Å². The highest BCUT2D eigenvalue weighted by Crippen LogP contribution is 2.18. The molecule has 2 aromatic carbocycles. The van der Waals surface area contributed by atoms with Crippen LogP contribution in [0.5, 0.6) is 0 Å². The first-order valence-electron chi connectivity index (χ1n) is 8.51. The highest BCUT2D eigenvalue weighted by atomic mass is 16.2. The average molecular weight is 337 g/mol. The fourth-order valence-corrected chi connectivity index (χ4v) is 3.01. The minimum Gasteiger partial charge on any atom is -0.368 e. The number of hydrogen-bond acceptors (Lipinski definition) is 3. The molecular formula is C20H23N3O2. The first-order valence-corrected chi connectivity index (χ1v) is 8.51. The van der Waals surface area contributed by atoms with Gasteiger partial charge in [0.1, 0.15) is 0 Å². The predicted octanol–water partition coefficient (Wildman–Crippen LogP) is 2.92. The molecule has 5 heteroatoms. The van der Waals surface area contributed by atoms with E-state index in [4.69, 9.17) is 0 Å². The maximum Gasteiger partial charge on any atom is 0.253 e. The van der Waals surface area contributed by atoms with Crippen LogP contribution < -0.4 is 10.2 Å². The Morgan fingerprint density at radius 1 is 0.880 bits per heavy atom. The molecule has 0 bridgehead atoms. The summed E-state index contributed by atoms with van der Waals surface area (Å²) < 4.78 is 0. The maximum absolute atomic E-state index is 12.6. The van der Waals surface area contributed by atoms with Crippen LogP contribution in [0.1, 0.15) is 22.8 Å². The van der Waals surface area contributed by atoms with Crippen LogP contribution in [-0.4, -0.2) is 42.9 Å². The molecule has 1 saturated heterocycles. The summed E-state index contributed by atoms with van der Waals surface area (Å²) in [6.45, 7) is 6.63. The van der Waals surface area contributed by atoms with E-state index in [1.54, 1.807) is 24.3 Å². The quantitative estimate of drug-likeness (QED) is 0.937. The lowest BCUT2D eigenvalue weighted by Crippen LogP contribution is -2.48. The lowest BCUT2D eigenvalue weighted by Gasteiger charge is -2.36. The molecule has 0 saturated carbocycles. The molecule has 0 aliphatic carbocycles. The van der Waals surface area contributed by atoms with Crippen LogP contribution in [0.25, 0.3) is 0 Å². The van der Waals surface area contributed by atoms with Gasteiger partial charge in [-0.3, -0.25) is 9.59 Å². The van der Waals surface area contributed by atoms with E-state index in [0.717, 1.165) is 13.1 Å². The zero-order valence-electron chi connectivity index (χ0n) is 14.7.